The Bertz CT molecular complexity index is 842. The summed E-state index contributed by atoms with van der Waals surface area (Å²) in [6.07, 6.45) is 2.66. The van der Waals surface area contributed by atoms with Gasteiger partial charge in [-0.25, -0.2) is 9.59 Å². The van der Waals surface area contributed by atoms with Crippen LogP contribution in [0.4, 0.5) is 0 Å². The third-order valence-electron chi connectivity index (χ3n) is 3.90. The first-order valence-corrected chi connectivity index (χ1v) is 8.66. The number of fused-ring (bicyclic) bond motifs is 1. The van der Waals surface area contributed by atoms with Crippen molar-refractivity contribution in [3.63, 3.8) is 0 Å². The molecule has 1 aromatic heterocycles. The molecule has 7 nitrogen and oxygen atoms in total. The smallest absolute Gasteiger partial charge is 0.336 e. The fourth-order valence-corrected chi connectivity index (χ4v) is 2.71. The minimum Gasteiger partial charge on any atom is -0.484 e. The normalized spacial score (nSPS) is 11.9. The minimum absolute atomic E-state index is 0.322. The van der Waals surface area contributed by atoms with Crippen molar-refractivity contribution in [1.82, 2.24) is 5.32 Å². The second-order valence-electron chi connectivity index (χ2n) is 6.03. The van der Waals surface area contributed by atoms with Crippen molar-refractivity contribution in [3.05, 3.63) is 40.2 Å². The van der Waals surface area contributed by atoms with Crippen LogP contribution in [-0.4, -0.2) is 29.6 Å². The molecule has 0 aliphatic rings. The zero-order valence-electron chi connectivity index (χ0n) is 14.9. The average molecular weight is 361 g/mol. The van der Waals surface area contributed by atoms with Crippen LogP contribution in [0.2, 0.25) is 0 Å². The van der Waals surface area contributed by atoms with Crippen molar-refractivity contribution in [2.24, 2.45) is 0 Å². The van der Waals surface area contributed by atoms with Gasteiger partial charge in [0.25, 0.3) is 5.91 Å². The molecular weight excluding hydrogens is 338 g/mol. The predicted molar refractivity (Wildman–Crippen MR) is 96.4 cm³/mol. The Kier molecular flexibility index (Phi) is 6.77. The van der Waals surface area contributed by atoms with Gasteiger partial charge in [-0.05, 0) is 30.5 Å². The molecule has 0 saturated heterocycles. The van der Waals surface area contributed by atoms with Crippen LogP contribution in [0, 0.1) is 0 Å². The number of nitrogens with one attached hydrogen (secondary N) is 1. The third-order valence-corrected chi connectivity index (χ3v) is 3.90. The van der Waals surface area contributed by atoms with Crippen molar-refractivity contribution in [3.8, 4) is 5.75 Å². The van der Waals surface area contributed by atoms with E-state index in [1.165, 1.54) is 6.07 Å². The van der Waals surface area contributed by atoms with Crippen LogP contribution in [-0.2, 0) is 16.0 Å². The van der Waals surface area contributed by atoms with E-state index in [1.54, 1.807) is 18.2 Å². The van der Waals surface area contributed by atoms with E-state index in [4.69, 9.17) is 14.3 Å². The first-order chi connectivity index (χ1) is 12.4. The highest BCUT2D eigenvalue weighted by molar-refractivity contribution is 5.85. The highest BCUT2D eigenvalue weighted by Gasteiger charge is 2.19. The van der Waals surface area contributed by atoms with E-state index < -0.39 is 23.5 Å². The maximum absolute atomic E-state index is 11.9. The Morgan fingerprint density at radius 2 is 2.00 bits per heavy atom. The quantitative estimate of drug-likeness (QED) is 0.665. The molecule has 1 aromatic carbocycles. The van der Waals surface area contributed by atoms with Gasteiger partial charge in [0.15, 0.2) is 6.61 Å². The van der Waals surface area contributed by atoms with E-state index in [0.29, 0.717) is 24.2 Å². The van der Waals surface area contributed by atoms with Crippen molar-refractivity contribution in [1.29, 1.82) is 0 Å². The van der Waals surface area contributed by atoms with E-state index in [-0.39, 0.29) is 6.61 Å². The lowest BCUT2D eigenvalue weighted by molar-refractivity contribution is -0.142. The fourth-order valence-electron chi connectivity index (χ4n) is 2.71. The Morgan fingerprint density at radius 1 is 1.23 bits per heavy atom. The van der Waals surface area contributed by atoms with Gasteiger partial charge in [-0.1, -0.05) is 26.7 Å². The minimum atomic E-state index is -1.07. The van der Waals surface area contributed by atoms with Crippen LogP contribution in [0.25, 0.3) is 11.0 Å². The number of carbonyl (C=O) groups excluding carboxylic acids is 1. The van der Waals surface area contributed by atoms with Gasteiger partial charge in [-0.2, -0.15) is 0 Å². The molecule has 140 valence electrons. The van der Waals surface area contributed by atoms with Crippen molar-refractivity contribution < 1.29 is 23.8 Å². The zero-order chi connectivity index (χ0) is 19.1. The Morgan fingerprint density at radius 3 is 2.65 bits per heavy atom. The molecule has 26 heavy (non-hydrogen) atoms. The molecule has 1 heterocycles. The number of carboxylic acid groups (broad SMARTS) is 1. The van der Waals surface area contributed by atoms with Gasteiger partial charge in [-0.15, -0.1) is 0 Å². The summed E-state index contributed by atoms with van der Waals surface area (Å²) in [5, 5.41) is 12.3. The average Bonchev–Trinajstić information content (AvgIpc) is 2.59. The molecular formula is C19H23NO6. The van der Waals surface area contributed by atoms with Crippen LogP contribution in [0.15, 0.2) is 33.5 Å². The van der Waals surface area contributed by atoms with E-state index >= 15 is 0 Å². The molecule has 2 aromatic rings. The highest BCUT2D eigenvalue weighted by Crippen LogP contribution is 2.23. The first kappa shape index (κ1) is 19.5. The van der Waals surface area contributed by atoms with Crippen LogP contribution in [0.3, 0.4) is 0 Å². The molecule has 0 spiro atoms. The predicted octanol–water partition coefficient (Wildman–Crippen LogP) is 2.49. The molecule has 7 heteroatoms. The number of rotatable bonds is 9. The van der Waals surface area contributed by atoms with Crippen LogP contribution in [0.1, 0.15) is 38.7 Å². The SMILES string of the molecule is CCCc1cc(=O)oc2cc(OCC(=O)N[C@@H](CCC)C(=O)O)ccc12. The number of hydrogen-bond donors (Lipinski definition) is 2. The lowest BCUT2D eigenvalue weighted by Gasteiger charge is -2.14. The topological polar surface area (TPSA) is 106 Å². The van der Waals surface area contributed by atoms with E-state index in [2.05, 4.69) is 5.32 Å². The van der Waals surface area contributed by atoms with Crippen LogP contribution in [0.5, 0.6) is 5.75 Å². The van der Waals surface area contributed by atoms with Gasteiger partial charge >= 0.3 is 11.6 Å². The molecule has 2 N–H and O–H groups in total. The van der Waals surface area contributed by atoms with Crippen LogP contribution < -0.4 is 15.7 Å². The van der Waals surface area contributed by atoms with Gasteiger partial charge in [0.05, 0.1) is 0 Å². The number of carbonyl (C=O) groups is 2. The fraction of sp³-hybridized carbons (Fsp3) is 0.421. The number of aryl methyl sites for hydroxylation is 1. The largest absolute Gasteiger partial charge is 0.484 e. The first-order valence-electron chi connectivity index (χ1n) is 8.66. The summed E-state index contributed by atoms with van der Waals surface area (Å²) in [5.74, 6) is -1.23. The molecule has 0 bridgehead atoms. The third kappa shape index (κ3) is 5.08. The molecule has 1 amide bonds. The lowest BCUT2D eigenvalue weighted by atomic mass is 10.1. The molecule has 0 saturated carbocycles. The number of ether oxygens (including phenoxy) is 1. The van der Waals surface area contributed by atoms with Crippen LogP contribution >= 0.6 is 0 Å². The maximum Gasteiger partial charge on any atom is 0.336 e. The number of amides is 1. The second kappa shape index (κ2) is 9.03. The lowest BCUT2D eigenvalue weighted by Crippen LogP contribution is -2.42. The number of hydrogen-bond acceptors (Lipinski definition) is 5. The summed E-state index contributed by atoms with van der Waals surface area (Å²) < 4.78 is 10.6. The summed E-state index contributed by atoms with van der Waals surface area (Å²) in [4.78, 5) is 34.6. The van der Waals surface area contributed by atoms with Gasteiger partial charge in [0, 0.05) is 17.5 Å². The van der Waals surface area contributed by atoms with E-state index in [1.807, 2.05) is 13.8 Å². The second-order valence-corrected chi connectivity index (χ2v) is 6.03. The summed E-state index contributed by atoms with van der Waals surface area (Å²) >= 11 is 0. The van der Waals surface area contributed by atoms with Gasteiger partial charge in [-0.3, -0.25) is 4.79 Å². The molecule has 2 rings (SSSR count). The van der Waals surface area contributed by atoms with E-state index in [0.717, 1.165) is 23.8 Å². The zero-order valence-corrected chi connectivity index (χ0v) is 14.9. The monoisotopic (exact) mass is 361 g/mol. The molecule has 1 atom stereocenters. The molecule has 0 aliphatic heterocycles. The molecule has 0 aliphatic carbocycles. The van der Waals surface area contributed by atoms with Gasteiger partial charge < -0.3 is 19.6 Å². The standard InChI is InChI=1S/C19H23NO6/c1-3-5-12-9-18(22)26-16-10-13(7-8-14(12)16)25-11-17(21)20-15(6-4-2)19(23)24/h7-10,15H,3-6,11H2,1-2H3,(H,20,21)(H,23,24)/t15-/m0/s1. The Labute approximate surface area is 151 Å². The molecule has 0 fully saturated rings. The van der Waals surface area contributed by atoms with Gasteiger partial charge in [0.1, 0.15) is 17.4 Å². The highest BCUT2D eigenvalue weighted by atomic mass is 16.5. The number of carboxylic acids is 1. The van der Waals surface area contributed by atoms with E-state index in [9.17, 15) is 14.4 Å². The summed E-state index contributed by atoms with van der Waals surface area (Å²) in [7, 11) is 0. The van der Waals surface area contributed by atoms with Crippen molar-refractivity contribution >= 4 is 22.8 Å². The Hall–Kier alpha value is -2.83. The van der Waals surface area contributed by atoms with Crippen molar-refractivity contribution in [2.45, 2.75) is 45.6 Å². The maximum atomic E-state index is 11.9. The number of benzene rings is 1. The summed E-state index contributed by atoms with van der Waals surface area (Å²) in [5.41, 5.74) is 0.875. The molecule has 0 radical (unpaired) electrons. The summed E-state index contributed by atoms with van der Waals surface area (Å²) in [6, 6.07) is 5.59. The van der Waals surface area contributed by atoms with Gasteiger partial charge in [0.2, 0.25) is 0 Å². The summed E-state index contributed by atoms with van der Waals surface area (Å²) in [6.45, 7) is 3.55. The van der Waals surface area contributed by atoms with Crippen molar-refractivity contribution in [2.75, 3.05) is 6.61 Å². The Balaban J connectivity index is 2.08. The molecule has 0 unspecified atom stereocenters. The number of aliphatic carboxylic acids is 1.